The van der Waals surface area contributed by atoms with Gasteiger partial charge in [-0.15, -0.1) is 24.5 Å². The average Bonchev–Trinajstić information content (AvgIpc) is 3.59. The summed E-state index contributed by atoms with van der Waals surface area (Å²) in [6, 6.07) is -2.68. The molecule has 16 heteroatoms. The van der Waals surface area contributed by atoms with Crippen LogP contribution in [-0.2, 0) is 25.3 Å². The molecule has 1 aromatic rings. The maximum Gasteiger partial charge on any atom is 0.522 e. The molecule has 1 aliphatic carbocycles. The number of nitrogens with zero attached hydrogens (tertiary/aromatic N) is 2. The highest BCUT2D eigenvalue weighted by Crippen LogP contribution is 2.42. The molecule has 3 amide bonds. The molecule has 3 fully saturated rings. The van der Waals surface area contributed by atoms with Gasteiger partial charge in [0.2, 0.25) is 11.8 Å². The number of carbonyl (C=O) groups excluding carboxylic acids is 4. The lowest BCUT2D eigenvalue weighted by Crippen LogP contribution is -2.54. The normalized spacial score (nSPS) is 26.2. The van der Waals surface area contributed by atoms with Crippen LogP contribution in [-0.4, -0.2) is 71.5 Å². The molecule has 39 heavy (non-hydrogen) atoms. The predicted octanol–water partition coefficient (Wildman–Crippen LogP) is 2.91. The number of amides is 3. The van der Waals surface area contributed by atoms with Gasteiger partial charge in [0.05, 0.1) is 6.04 Å². The molecule has 0 radical (unpaired) electrons. The number of nitrogens with one attached hydrogen (secondary N) is 2. The average molecular weight is 585 g/mol. The maximum absolute atomic E-state index is 13.6. The highest BCUT2D eigenvalue weighted by molar-refractivity contribution is 7.10. The fourth-order valence-electron chi connectivity index (χ4n) is 5.61. The van der Waals surface area contributed by atoms with Gasteiger partial charge in [0, 0.05) is 24.4 Å². The second kappa shape index (κ2) is 11.4. The fraction of sp³-hybridized carbons (Fsp3) is 0.696. The Balaban J connectivity index is 1.56. The van der Waals surface area contributed by atoms with Crippen LogP contribution in [0.1, 0.15) is 54.0 Å². The summed E-state index contributed by atoms with van der Waals surface area (Å²) in [6.45, 7) is -0.998. The number of aromatic nitrogens is 1. The zero-order valence-electron chi connectivity index (χ0n) is 20.4. The van der Waals surface area contributed by atoms with Crippen molar-refractivity contribution in [3.05, 3.63) is 16.1 Å². The Morgan fingerprint density at radius 2 is 1.87 bits per heavy atom. The van der Waals surface area contributed by atoms with E-state index in [4.69, 9.17) is 0 Å². The first-order valence-electron chi connectivity index (χ1n) is 12.4. The van der Waals surface area contributed by atoms with Crippen molar-refractivity contribution in [1.29, 1.82) is 0 Å². The molecule has 5 atom stereocenters. The first-order valence-corrected chi connectivity index (χ1v) is 13.3. The van der Waals surface area contributed by atoms with Gasteiger partial charge in [0.25, 0.3) is 5.91 Å². The lowest BCUT2D eigenvalue weighted by molar-refractivity contribution is -0.321. The van der Waals surface area contributed by atoms with E-state index in [0.717, 1.165) is 23.1 Å². The Bertz CT molecular complexity index is 1110. The third-order valence-electron chi connectivity index (χ3n) is 7.40. The van der Waals surface area contributed by atoms with E-state index in [9.17, 15) is 45.5 Å². The molecular weight excluding hydrogens is 558 g/mol. The standard InChI is InChI=1S/C23H26F6N4O5S/c24-22(25,26)21-32-15(10-39-21)20(37)33-8-12-3-1-2-4-13(12)17(33)19(36)31-14(7-11-5-6-30-18(11)35)16(34)9-38-23(27,28)29/h10-14,17H,1-9H2,(H,30,35)(H,31,36). The minimum atomic E-state index is -5.10. The van der Waals surface area contributed by atoms with Crippen molar-refractivity contribution in [2.24, 2.45) is 17.8 Å². The largest absolute Gasteiger partial charge is 0.522 e. The minimum absolute atomic E-state index is 0.0846. The number of Topliss-reactive ketones (excluding diaryl/α,β-unsaturated/α-hetero) is 1. The topological polar surface area (TPSA) is 118 Å². The van der Waals surface area contributed by atoms with Gasteiger partial charge < -0.3 is 15.5 Å². The number of ether oxygens (including phenoxy) is 1. The van der Waals surface area contributed by atoms with Gasteiger partial charge in [-0.3, -0.25) is 23.9 Å². The third-order valence-corrected chi connectivity index (χ3v) is 8.29. The molecule has 2 aliphatic heterocycles. The van der Waals surface area contributed by atoms with E-state index in [-0.39, 0.29) is 36.1 Å². The van der Waals surface area contributed by atoms with E-state index in [1.54, 1.807) is 0 Å². The summed E-state index contributed by atoms with van der Waals surface area (Å²) in [5, 5.41) is 4.73. The molecule has 2 saturated heterocycles. The number of hydrogen-bond acceptors (Lipinski definition) is 7. The maximum atomic E-state index is 13.6. The minimum Gasteiger partial charge on any atom is -0.356 e. The van der Waals surface area contributed by atoms with Gasteiger partial charge in [-0.05, 0) is 37.5 Å². The monoisotopic (exact) mass is 584 g/mol. The van der Waals surface area contributed by atoms with Crippen molar-refractivity contribution < 1.29 is 50.3 Å². The van der Waals surface area contributed by atoms with Crippen LogP contribution in [0.3, 0.4) is 0 Å². The fourth-order valence-corrected chi connectivity index (χ4v) is 6.27. The molecule has 0 spiro atoms. The van der Waals surface area contributed by atoms with Crippen LogP contribution in [0.15, 0.2) is 5.38 Å². The first kappa shape index (κ1) is 29.2. The number of thiazole rings is 1. The Morgan fingerprint density at radius 1 is 1.15 bits per heavy atom. The van der Waals surface area contributed by atoms with Crippen molar-refractivity contribution in [3.63, 3.8) is 0 Å². The summed E-state index contributed by atoms with van der Waals surface area (Å²) in [6.07, 6.45) is -7.02. The van der Waals surface area contributed by atoms with Crippen molar-refractivity contribution in [2.75, 3.05) is 19.7 Å². The van der Waals surface area contributed by atoms with Crippen molar-refractivity contribution >= 4 is 34.8 Å². The molecule has 4 rings (SSSR count). The Kier molecular flexibility index (Phi) is 8.54. The molecule has 3 heterocycles. The van der Waals surface area contributed by atoms with E-state index in [1.807, 2.05) is 0 Å². The molecule has 0 bridgehead atoms. The van der Waals surface area contributed by atoms with Gasteiger partial charge >= 0.3 is 12.5 Å². The second-order valence-corrected chi connectivity index (χ2v) is 10.8. The predicted molar refractivity (Wildman–Crippen MR) is 122 cm³/mol. The van der Waals surface area contributed by atoms with Gasteiger partial charge in [0.1, 0.15) is 18.3 Å². The summed E-state index contributed by atoms with van der Waals surface area (Å²) in [4.78, 5) is 56.1. The summed E-state index contributed by atoms with van der Waals surface area (Å²) in [5.41, 5.74) is -0.474. The Morgan fingerprint density at radius 3 is 2.49 bits per heavy atom. The summed E-state index contributed by atoms with van der Waals surface area (Å²) in [5.74, 6) is -4.44. The summed E-state index contributed by atoms with van der Waals surface area (Å²) < 4.78 is 80.5. The molecule has 0 aromatic carbocycles. The molecule has 1 aromatic heterocycles. The number of carbonyl (C=O) groups is 4. The number of likely N-dealkylation sites (tertiary alicyclic amines) is 1. The molecule has 216 valence electrons. The van der Waals surface area contributed by atoms with Crippen LogP contribution in [0.25, 0.3) is 0 Å². The van der Waals surface area contributed by atoms with Crippen LogP contribution in [0.4, 0.5) is 26.3 Å². The lowest BCUT2D eigenvalue weighted by Gasteiger charge is -2.31. The highest BCUT2D eigenvalue weighted by Gasteiger charge is 2.50. The van der Waals surface area contributed by atoms with Crippen molar-refractivity contribution in [1.82, 2.24) is 20.5 Å². The lowest BCUT2D eigenvalue weighted by atomic mass is 9.78. The molecule has 2 N–H and O–H groups in total. The van der Waals surface area contributed by atoms with E-state index in [1.165, 1.54) is 0 Å². The zero-order valence-corrected chi connectivity index (χ0v) is 21.3. The van der Waals surface area contributed by atoms with E-state index in [2.05, 4.69) is 20.4 Å². The molecule has 1 saturated carbocycles. The molecular formula is C23H26F6N4O5S. The van der Waals surface area contributed by atoms with Gasteiger partial charge in [-0.2, -0.15) is 13.2 Å². The Labute approximate surface area is 222 Å². The number of halogens is 6. The van der Waals surface area contributed by atoms with Crippen LogP contribution < -0.4 is 10.6 Å². The first-order chi connectivity index (χ1) is 18.2. The van der Waals surface area contributed by atoms with Crippen molar-refractivity contribution in [2.45, 2.75) is 63.1 Å². The molecule has 5 unspecified atom stereocenters. The number of fused-ring (bicyclic) bond motifs is 1. The molecule has 9 nitrogen and oxygen atoms in total. The molecule has 3 aliphatic rings. The summed E-state index contributed by atoms with van der Waals surface area (Å²) >= 11 is 0.246. The van der Waals surface area contributed by atoms with Crippen LogP contribution in [0, 0.1) is 17.8 Å². The third kappa shape index (κ3) is 6.88. The number of ketones is 1. The second-order valence-electron chi connectivity index (χ2n) is 9.92. The zero-order chi connectivity index (χ0) is 28.5. The van der Waals surface area contributed by atoms with Crippen LogP contribution >= 0.6 is 11.3 Å². The van der Waals surface area contributed by atoms with Crippen LogP contribution in [0.5, 0.6) is 0 Å². The van der Waals surface area contributed by atoms with E-state index < -0.39 is 71.4 Å². The quantitative estimate of drug-likeness (QED) is 0.454. The van der Waals surface area contributed by atoms with Gasteiger partial charge in [-0.25, -0.2) is 4.98 Å². The SMILES string of the molecule is O=C1NCCC1CC(NC(=O)C1C2CCCCC2CN1C(=O)c1csc(C(F)(F)F)n1)C(=O)COC(F)(F)F. The van der Waals surface area contributed by atoms with Gasteiger partial charge in [-0.1, -0.05) is 12.8 Å². The highest BCUT2D eigenvalue weighted by atomic mass is 32.1. The number of alkyl halides is 6. The smallest absolute Gasteiger partial charge is 0.356 e. The number of rotatable bonds is 8. The van der Waals surface area contributed by atoms with E-state index in [0.29, 0.717) is 25.8 Å². The van der Waals surface area contributed by atoms with Gasteiger partial charge in [0.15, 0.2) is 10.8 Å². The van der Waals surface area contributed by atoms with E-state index >= 15 is 0 Å². The Hall–Kier alpha value is -2.75. The summed E-state index contributed by atoms with van der Waals surface area (Å²) in [7, 11) is 0. The number of hydrogen-bond donors (Lipinski definition) is 2. The van der Waals surface area contributed by atoms with Crippen molar-refractivity contribution in [3.8, 4) is 0 Å². The van der Waals surface area contributed by atoms with Crippen LogP contribution in [0.2, 0.25) is 0 Å².